The highest BCUT2D eigenvalue weighted by atomic mass is 32.2. The fourth-order valence-corrected chi connectivity index (χ4v) is 2.64. The van der Waals surface area contributed by atoms with Crippen LogP contribution in [-0.2, 0) is 21.2 Å². The fraction of sp³-hybridized carbons (Fsp3) is 0.417. The molecule has 0 atom stereocenters. The average Bonchev–Trinajstić information content (AvgIpc) is 2.25. The Bertz CT molecular complexity index is 512. The molecule has 0 saturated carbocycles. The van der Waals surface area contributed by atoms with E-state index in [-0.39, 0.29) is 12.2 Å². The zero-order valence-electron chi connectivity index (χ0n) is 10.3. The van der Waals surface area contributed by atoms with Crippen molar-refractivity contribution >= 4 is 21.6 Å². The van der Waals surface area contributed by atoms with E-state index in [2.05, 4.69) is 0 Å². The Hall–Kier alpha value is -1.56. The Labute approximate surface area is 107 Å². The smallest absolute Gasteiger partial charge is 0.234 e. The number of carbonyl (C=O) groups is 1. The van der Waals surface area contributed by atoms with E-state index < -0.39 is 15.9 Å². The number of nitrogens with one attached hydrogen (secondary N) is 1. The zero-order chi connectivity index (χ0) is 13.6. The number of sulfonamides is 1. The van der Waals surface area contributed by atoms with Crippen molar-refractivity contribution in [1.82, 2.24) is 4.72 Å². The molecule has 0 radical (unpaired) electrons. The van der Waals surface area contributed by atoms with E-state index in [9.17, 15) is 13.2 Å². The van der Waals surface area contributed by atoms with Crippen LogP contribution in [0.3, 0.4) is 0 Å². The van der Waals surface area contributed by atoms with Gasteiger partial charge in [0.25, 0.3) is 0 Å². The molecule has 6 heteroatoms. The standard InChI is InChI=1S/C12H18N2O3S/c1-2-8-18(16,17)14-12(15)7-6-10-4-3-5-11(13)9-10/h3-5,9H,2,6-8,13H2,1H3,(H,14,15). The summed E-state index contributed by atoms with van der Waals surface area (Å²) < 4.78 is 24.8. The fourth-order valence-electron chi connectivity index (χ4n) is 1.55. The monoisotopic (exact) mass is 270 g/mol. The third-order valence-electron chi connectivity index (χ3n) is 2.33. The molecule has 1 aromatic rings. The van der Waals surface area contributed by atoms with E-state index in [1.807, 2.05) is 10.8 Å². The number of benzene rings is 1. The van der Waals surface area contributed by atoms with Crippen molar-refractivity contribution in [3.8, 4) is 0 Å². The second kappa shape index (κ2) is 6.39. The van der Waals surface area contributed by atoms with Crippen LogP contribution >= 0.6 is 0 Å². The summed E-state index contributed by atoms with van der Waals surface area (Å²) in [5, 5.41) is 0. The van der Waals surface area contributed by atoms with Gasteiger partial charge in [0.2, 0.25) is 15.9 Å². The number of anilines is 1. The molecule has 0 aliphatic rings. The molecule has 0 aliphatic heterocycles. The van der Waals surface area contributed by atoms with Crippen LogP contribution in [0.15, 0.2) is 24.3 Å². The summed E-state index contributed by atoms with van der Waals surface area (Å²) in [6.45, 7) is 1.75. The predicted octanol–water partition coefficient (Wildman–Crippen LogP) is 1.06. The van der Waals surface area contributed by atoms with Gasteiger partial charge in [0.1, 0.15) is 0 Å². The maximum Gasteiger partial charge on any atom is 0.234 e. The number of carbonyl (C=O) groups excluding carboxylic acids is 1. The van der Waals surface area contributed by atoms with Gasteiger partial charge in [-0.1, -0.05) is 19.1 Å². The predicted molar refractivity (Wildman–Crippen MR) is 71.4 cm³/mol. The molecular formula is C12H18N2O3S. The third kappa shape index (κ3) is 5.18. The van der Waals surface area contributed by atoms with Crippen LogP contribution in [0.5, 0.6) is 0 Å². The molecule has 0 saturated heterocycles. The normalized spacial score (nSPS) is 11.2. The van der Waals surface area contributed by atoms with E-state index in [1.165, 1.54) is 0 Å². The number of amides is 1. The minimum absolute atomic E-state index is 0.0307. The number of nitrogens with two attached hydrogens (primary N) is 1. The van der Waals surface area contributed by atoms with Gasteiger partial charge in [0.05, 0.1) is 5.75 Å². The summed E-state index contributed by atoms with van der Waals surface area (Å²) in [7, 11) is -3.47. The van der Waals surface area contributed by atoms with Crippen LogP contribution in [0.25, 0.3) is 0 Å². The molecule has 0 bridgehead atoms. The van der Waals surface area contributed by atoms with Gasteiger partial charge < -0.3 is 5.73 Å². The van der Waals surface area contributed by atoms with E-state index in [0.717, 1.165) is 5.56 Å². The zero-order valence-corrected chi connectivity index (χ0v) is 11.2. The minimum Gasteiger partial charge on any atom is -0.399 e. The van der Waals surface area contributed by atoms with Gasteiger partial charge in [-0.15, -0.1) is 0 Å². The quantitative estimate of drug-likeness (QED) is 0.756. The summed E-state index contributed by atoms with van der Waals surface area (Å²) in [4.78, 5) is 11.5. The summed E-state index contributed by atoms with van der Waals surface area (Å²) in [6, 6.07) is 7.18. The van der Waals surface area contributed by atoms with Crippen molar-refractivity contribution in [2.24, 2.45) is 0 Å². The molecule has 1 aromatic carbocycles. The topological polar surface area (TPSA) is 89.3 Å². The second-order valence-electron chi connectivity index (χ2n) is 4.09. The van der Waals surface area contributed by atoms with Gasteiger partial charge >= 0.3 is 0 Å². The van der Waals surface area contributed by atoms with Gasteiger partial charge in [-0.05, 0) is 30.5 Å². The van der Waals surface area contributed by atoms with Crippen molar-refractivity contribution in [1.29, 1.82) is 0 Å². The number of nitrogen functional groups attached to an aromatic ring is 1. The van der Waals surface area contributed by atoms with Crippen molar-refractivity contribution in [2.75, 3.05) is 11.5 Å². The molecule has 5 nitrogen and oxygen atoms in total. The largest absolute Gasteiger partial charge is 0.399 e. The number of hydrogen-bond donors (Lipinski definition) is 2. The molecule has 1 rings (SSSR count). The van der Waals surface area contributed by atoms with Crippen LogP contribution in [0, 0.1) is 0 Å². The first-order valence-corrected chi connectivity index (χ1v) is 7.46. The van der Waals surface area contributed by atoms with Crippen molar-refractivity contribution in [2.45, 2.75) is 26.2 Å². The minimum atomic E-state index is -3.47. The van der Waals surface area contributed by atoms with Gasteiger partial charge in [-0.25, -0.2) is 8.42 Å². The maximum atomic E-state index is 11.5. The molecule has 3 N–H and O–H groups in total. The van der Waals surface area contributed by atoms with E-state index in [1.54, 1.807) is 25.1 Å². The van der Waals surface area contributed by atoms with Gasteiger partial charge in [-0.3, -0.25) is 9.52 Å². The Morgan fingerprint density at radius 3 is 2.72 bits per heavy atom. The van der Waals surface area contributed by atoms with Crippen LogP contribution < -0.4 is 10.5 Å². The van der Waals surface area contributed by atoms with E-state index in [0.29, 0.717) is 18.5 Å². The van der Waals surface area contributed by atoms with E-state index >= 15 is 0 Å². The highest BCUT2D eigenvalue weighted by Gasteiger charge is 2.12. The Morgan fingerprint density at radius 2 is 2.11 bits per heavy atom. The Balaban J connectivity index is 2.47. The SMILES string of the molecule is CCCS(=O)(=O)NC(=O)CCc1cccc(N)c1. The first-order valence-electron chi connectivity index (χ1n) is 5.80. The maximum absolute atomic E-state index is 11.5. The van der Waals surface area contributed by atoms with E-state index in [4.69, 9.17) is 5.73 Å². The van der Waals surface area contributed by atoms with Gasteiger partial charge in [-0.2, -0.15) is 0 Å². The molecule has 0 heterocycles. The molecule has 18 heavy (non-hydrogen) atoms. The van der Waals surface area contributed by atoms with Crippen LogP contribution in [0.1, 0.15) is 25.3 Å². The molecule has 1 amide bonds. The molecule has 0 aliphatic carbocycles. The third-order valence-corrected chi connectivity index (χ3v) is 3.82. The summed E-state index contributed by atoms with van der Waals surface area (Å²) in [6.07, 6.45) is 1.09. The first-order chi connectivity index (χ1) is 8.43. The summed E-state index contributed by atoms with van der Waals surface area (Å²) >= 11 is 0. The highest BCUT2D eigenvalue weighted by molar-refractivity contribution is 7.90. The van der Waals surface area contributed by atoms with Crippen LogP contribution in [0.2, 0.25) is 0 Å². The lowest BCUT2D eigenvalue weighted by Crippen LogP contribution is -2.32. The first kappa shape index (κ1) is 14.5. The van der Waals surface area contributed by atoms with Crippen molar-refractivity contribution in [3.63, 3.8) is 0 Å². The number of aryl methyl sites for hydroxylation is 1. The molecule has 0 spiro atoms. The Morgan fingerprint density at radius 1 is 1.39 bits per heavy atom. The average molecular weight is 270 g/mol. The molecule has 0 unspecified atom stereocenters. The highest BCUT2D eigenvalue weighted by Crippen LogP contribution is 2.08. The van der Waals surface area contributed by atoms with Crippen molar-refractivity contribution in [3.05, 3.63) is 29.8 Å². The van der Waals surface area contributed by atoms with Crippen LogP contribution in [-0.4, -0.2) is 20.1 Å². The molecule has 0 fully saturated rings. The van der Waals surface area contributed by atoms with Crippen LogP contribution in [0.4, 0.5) is 5.69 Å². The van der Waals surface area contributed by atoms with Crippen molar-refractivity contribution < 1.29 is 13.2 Å². The second-order valence-corrected chi connectivity index (χ2v) is 5.93. The summed E-state index contributed by atoms with van der Waals surface area (Å²) in [5.41, 5.74) is 7.16. The number of hydrogen-bond acceptors (Lipinski definition) is 4. The lowest BCUT2D eigenvalue weighted by atomic mass is 10.1. The lowest BCUT2D eigenvalue weighted by molar-refractivity contribution is -0.119. The molecule has 100 valence electrons. The Kier molecular flexibility index (Phi) is 5.15. The lowest BCUT2D eigenvalue weighted by Gasteiger charge is -2.06. The summed E-state index contributed by atoms with van der Waals surface area (Å²) in [5.74, 6) is -0.511. The molecule has 0 aromatic heterocycles. The van der Waals surface area contributed by atoms with Gasteiger partial charge in [0.15, 0.2) is 0 Å². The van der Waals surface area contributed by atoms with Gasteiger partial charge in [0, 0.05) is 12.1 Å². The number of rotatable bonds is 6. The molecular weight excluding hydrogens is 252 g/mol.